The minimum Gasteiger partial charge on any atom is -0.395 e. The van der Waals surface area contributed by atoms with Crippen molar-refractivity contribution in [1.82, 2.24) is 9.88 Å². The van der Waals surface area contributed by atoms with E-state index in [-0.39, 0.29) is 12.6 Å². The molecule has 6 nitrogen and oxygen atoms in total. The van der Waals surface area contributed by atoms with Gasteiger partial charge >= 0.3 is 0 Å². The summed E-state index contributed by atoms with van der Waals surface area (Å²) in [5.74, 6) is 0.868. The topological polar surface area (TPSA) is 69.1 Å². The standard InChI is InChI=1S/C26H39N3O3.C2H6/c1-5-15-28(24(18-30)20-32-19-22-11-9-8-10-12-22)17-25(31)23-13-14-26(27-16-23)29(7-3)21(4)6-2;1-2/h6,8-14,16,24-25,30-31H,5,7,15,17-20H2,1-4H3;1-2H3/b21-6-;/t24-,25?;/m1./s1. The van der Waals surface area contributed by atoms with Crippen molar-refractivity contribution < 1.29 is 14.9 Å². The monoisotopic (exact) mass is 471 g/mol. The molecule has 1 aromatic heterocycles. The number of aliphatic hydroxyl groups excluding tert-OH is 2. The summed E-state index contributed by atoms with van der Waals surface area (Å²) in [6.07, 6.45) is 4.04. The fraction of sp³-hybridized carbons (Fsp3) is 0.536. The average Bonchev–Trinajstić information content (AvgIpc) is 2.89. The molecule has 1 aromatic carbocycles. The van der Waals surface area contributed by atoms with Gasteiger partial charge in [0.15, 0.2) is 0 Å². The van der Waals surface area contributed by atoms with Crippen molar-refractivity contribution in [3.05, 3.63) is 71.6 Å². The number of aliphatic hydroxyl groups is 2. The van der Waals surface area contributed by atoms with E-state index in [0.29, 0.717) is 19.8 Å². The number of hydrogen-bond donors (Lipinski definition) is 2. The van der Waals surface area contributed by atoms with E-state index in [1.165, 1.54) is 0 Å². The Morgan fingerprint density at radius 1 is 1.12 bits per heavy atom. The number of hydrogen-bond acceptors (Lipinski definition) is 6. The first-order chi connectivity index (χ1) is 16.5. The zero-order valence-corrected chi connectivity index (χ0v) is 21.9. The Hall–Kier alpha value is -2.25. The predicted octanol–water partition coefficient (Wildman–Crippen LogP) is 5.18. The van der Waals surface area contributed by atoms with Crippen LogP contribution in [0.1, 0.15) is 65.2 Å². The summed E-state index contributed by atoms with van der Waals surface area (Å²) in [7, 11) is 0. The second-order valence-corrected chi connectivity index (χ2v) is 7.97. The third kappa shape index (κ3) is 9.55. The van der Waals surface area contributed by atoms with Crippen LogP contribution in [0.3, 0.4) is 0 Å². The van der Waals surface area contributed by atoms with E-state index in [0.717, 1.165) is 42.2 Å². The van der Waals surface area contributed by atoms with Crippen LogP contribution < -0.4 is 4.90 Å². The molecule has 2 rings (SSSR count). The van der Waals surface area contributed by atoms with Gasteiger partial charge < -0.3 is 19.8 Å². The van der Waals surface area contributed by atoms with Gasteiger partial charge in [0.25, 0.3) is 0 Å². The van der Waals surface area contributed by atoms with E-state index in [9.17, 15) is 10.2 Å². The Kier molecular flexibility index (Phi) is 15.1. The normalized spacial score (nSPS) is 13.3. The molecule has 0 aliphatic carbocycles. The van der Waals surface area contributed by atoms with Crippen LogP contribution in [0, 0.1) is 0 Å². The van der Waals surface area contributed by atoms with Gasteiger partial charge in [0.2, 0.25) is 0 Å². The maximum absolute atomic E-state index is 10.9. The van der Waals surface area contributed by atoms with E-state index in [1.54, 1.807) is 6.20 Å². The van der Waals surface area contributed by atoms with Crippen molar-refractivity contribution >= 4 is 5.82 Å². The Morgan fingerprint density at radius 3 is 2.35 bits per heavy atom. The summed E-state index contributed by atoms with van der Waals surface area (Å²) in [6.45, 7) is 15.2. The molecule has 1 unspecified atom stereocenters. The molecule has 0 saturated carbocycles. The first kappa shape index (κ1) is 29.8. The van der Waals surface area contributed by atoms with E-state index < -0.39 is 6.10 Å². The van der Waals surface area contributed by atoms with Crippen LogP contribution >= 0.6 is 0 Å². The SMILES string of the molecule is C/C=C(/C)N(CC)c1ccc(C(O)CN(CCC)[C@H](CO)COCc2ccccc2)cn1.CC. The summed E-state index contributed by atoms with van der Waals surface area (Å²) in [6, 6.07) is 13.7. The van der Waals surface area contributed by atoms with Gasteiger partial charge in [-0.15, -0.1) is 0 Å². The first-order valence-corrected chi connectivity index (χ1v) is 12.5. The molecule has 2 atom stereocenters. The number of anilines is 1. The highest BCUT2D eigenvalue weighted by molar-refractivity contribution is 5.45. The van der Waals surface area contributed by atoms with Crippen LogP contribution in [0.5, 0.6) is 0 Å². The summed E-state index contributed by atoms with van der Waals surface area (Å²) >= 11 is 0. The molecule has 2 N–H and O–H groups in total. The number of pyridine rings is 1. The number of rotatable bonds is 14. The lowest BCUT2D eigenvalue weighted by Crippen LogP contribution is -2.44. The maximum atomic E-state index is 10.9. The van der Waals surface area contributed by atoms with Crippen molar-refractivity contribution in [1.29, 1.82) is 0 Å². The molecule has 0 bridgehead atoms. The minimum absolute atomic E-state index is 0.0210. The molecule has 190 valence electrons. The summed E-state index contributed by atoms with van der Waals surface area (Å²) in [5.41, 5.74) is 3.02. The Balaban J connectivity index is 0.00000281. The lowest BCUT2D eigenvalue weighted by Gasteiger charge is -2.32. The summed E-state index contributed by atoms with van der Waals surface area (Å²) in [4.78, 5) is 8.81. The van der Waals surface area contributed by atoms with Crippen molar-refractivity contribution in [2.75, 3.05) is 37.7 Å². The maximum Gasteiger partial charge on any atom is 0.132 e. The fourth-order valence-electron chi connectivity index (χ4n) is 3.70. The molecular formula is C28H45N3O3. The molecule has 0 aliphatic heterocycles. The second-order valence-electron chi connectivity index (χ2n) is 7.97. The van der Waals surface area contributed by atoms with Crippen molar-refractivity contribution in [2.24, 2.45) is 0 Å². The lowest BCUT2D eigenvalue weighted by atomic mass is 10.1. The number of nitrogens with zero attached hydrogens (tertiary/aromatic N) is 3. The van der Waals surface area contributed by atoms with E-state index in [1.807, 2.05) is 63.2 Å². The Morgan fingerprint density at radius 2 is 1.82 bits per heavy atom. The van der Waals surface area contributed by atoms with E-state index >= 15 is 0 Å². The molecule has 2 aromatic rings. The Labute approximate surface area is 206 Å². The van der Waals surface area contributed by atoms with Gasteiger partial charge in [0, 0.05) is 30.5 Å². The summed E-state index contributed by atoms with van der Waals surface area (Å²) in [5, 5.41) is 20.9. The highest BCUT2D eigenvalue weighted by atomic mass is 16.5. The van der Waals surface area contributed by atoms with Gasteiger partial charge in [0.05, 0.1) is 32.0 Å². The van der Waals surface area contributed by atoms with E-state index in [2.05, 4.69) is 41.6 Å². The zero-order valence-electron chi connectivity index (χ0n) is 21.9. The molecule has 0 aliphatic rings. The molecule has 1 heterocycles. The van der Waals surface area contributed by atoms with Crippen molar-refractivity contribution in [3.63, 3.8) is 0 Å². The second kappa shape index (κ2) is 17.2. The largest absolute Gasteiger partial charge is 0.395 e. The van der Waals surface area contributed by atoms with Crippen molar-refractivity contribution in [3.8, 4) is 0 Å². The molecule has 0 saturated heterocycles. The van der Waals surface area contributed by atoms with Crippen LogP contribution in [0.15, 0.2) is 60.4 Å². The Bertz CT molecular complexity index is 796. The molecule has 0 fully saturated rings. The third-order valence-corrected chi connectivity index (χ3v) is 5.66. The van der Waals surface area contributed by atoms with E-state index in [4.69, 9.17) is 4.74 Å². The van der Waals surface area contributed by atoms with Gasteiger partial charge in [-0.3, -0.25) is 4.90 Å². The molecular weight excluding hydrogens is 426 g/mol. The lowest BCUT2D eigenvalue weighted by molar-refractivity contribution is 0.00376. The highest BCUT2D eigenvalue weighted by Gasteiger charge is 2.22. The fourth-order valence-corrected chi connectivity index (χ4v) is 3.70. The minimum atomic E-state index is -0.691. The average molecular weight is 472 g/mol. The predicted molar refractivity (Wildman–Crippen MR) is 142 cm³/mol. The zero-order chi connectivity index (χ0) is 25.3. The van der Waals surface area contributed by atoms with Gasteiger partial charge in [-0.05, 0) is 45.4 Å². The number of ether oxygens (including phenoxy) is 1. The smallest absolute Gasteiger partial charge is 0.132 e. The number of aromatic nitrogens is 1. The third-order valence-electron chi connectivity index (χ3n) is 5.66. The van der Waals surface area contributed by atoms with Crippen LogP contribution in [0.4, 0.5) is 5.82 Å². The highest BCUT2D eigenvalue weighted by Crippen LogP contribution is 2.21. The summed E-state index contributed by atoms with van der Waals surface area (Å²) < 4.78 is 5.87. The molecule has 6 heteroatoms. The van der Waals surface area contributed by atoms with Gasteiger partial charge in [-0.25, -0.2) is 4.98 Å². The number of allylic oxidation sites excluding steroid dienone is 2. The van der Waals surface area contributed by atoms with Crippen LogP contribution in [0.2, 0.25) is 0 Å². The van der Waals surface area contributed by atoms with Gasteiger partial charge in [-0.2, -0.15) is 0 Å². The molecule has 0 spiro atoms. The first-order valence-electron chi connectivity index (χ1n) is 12.5. The van der Waals surface area contributed by atoms with Crippen LogP contribution in [-0.2, 0) is 11.3 Å². The molecule has 0 amide bonds. The quantitative estimate of drug-likeness (QED) is 0.396. The van der Waals surface area contributed by atoms with Gasteiger partial charge in [-0.1, -0.05) is 63.2 Å². The van der Waals surface area contributed by atoms with Crippen molar-refractivity contribution in [2.45, 2.75) is 66.7 Å². The van der Waals surface area contributed by atoms with Gasteiger partial charge in [0.1, 0.15) is 5.82 Å². The van der Waals surface area contributed by atoms with Crippen LogP contribution in [0.25, 0.3) is 0 Å². The molecule has 34 heavy (non-hydrogen) atoms. The van der Waals surface area contributed by atoms with Crippen LogP contribution in [-0.4, -0.2) is 59.0 Å². The molecule has 0 radical (unpaired) electrons. The number of benzene rings is 1.